The van der Waals surface area contributed by atoms with E-state index in [0.29, 0.717) is 49.0 Å². The van der Waals surface area contributed by atoms with Gasteiger partial charge in [-0.1, -0.05) is 32.0 Å². The molecule has 0 unspecified atom stereocenters. The average molecular weight is 544 g/mol. The van der Waals surface area contributed by atoms with E-state index < -0.39 is 15.6 Å². The van der Waals surface area contributed by atoms with Gasteiger partial charge in [0.05, 0.1) is 11.7 Å². The minimum absolute atomic E-state index is 0.0459. The molecular formula is C26H33N5O4S2. The van der Waals surface area contributed by atoms with Gasteiger partial charge in [0.2, 0.25) is 15.9 Å². The summed E-state index contributed by atoms with van der Waals surface area (Å²) >= 11 is 1.21. The molecule has 2 aromatic heterocycles. The Morgan fingerprint density at radius 2 is 1.70 bits per heavy atom. The number of nitrogens with zero attached hydrogens (tertiary/aromatic N) is 5. The summed E-state index contributed by atoms with van der Waals surface area (Å²) in [5.74, 6) is 0.322. The van der Waals surface area contributed by atoms with Crippen LogP contribution in [0.15, 0.2) is 46.3 Å². The molecule has 2 saturated heterocycles. The number of sulfonamides is 1. The molecule has 3 aromatic rings. The summed E-state index contributed by atoms with van der Waals surface area (Å²) in [6.45, 7) is 9.06. The average Bonchev–Trinajstić information content (AvgIpc) is 3.23. The molecule has 0 aliphatic carbocycles. The van der Waals surface area contributed by atoms with Gasteiger partial charge in [-0.3, -0.25) is 14.2 Å². The van der Waals surface area contributed by atoms with Crippen molar-refractivity contribution >= 4 is 43.2 Å². The number of aromatic nitrogens is 2. The largest absolute Gasteiger partial charge is 0.368 e. The van der Waals surface area contributed by atoms with Gasteiger partial charge in [-0.05, 0) is 37.3 Å². The Morgan fingerprint density at radius 3 is 2.35 bits per heavy atom. The zero-order valence-electron chi connectivity index (χ0n) is 21.5. The first kappa shape index (κ1) is 25.9. The number of para-hydroxylation sites is 1. The van der Waals surface area contributed by atoms with Crippen molar-refractivity contribution in [3.8, 4) is 0 Å². The van der Waals surface area contributed by atoms with Gasteiger partial charge in [-0.15, -0.1) is 11.3 Å². The third-order valence-electron chi connectivity index (χ3n) is 7.29. The minimum atomic E-state index is -3.87. The van der Waals surface area contributed by atoms with Crippen LogP contribution in [0.5, 0.6) is 0 Å². The molecule has 11 heteroatoms. The normalized spacial score (nSPS) is 21.5. The van der Waals surface area contributed by atoms with Crippen LogP contribution in [0.2, 0.25) is 0 Å². The smallest absolute Gasteiger partial charge is 0.263 e. The van der Waals surface area contributed by atoms with Crippen molar-refractivity contribution in [1.29, 1.82) is 0 Å². The molecule has 2 fully saturated rings. The van der Waals surface area contributed by atoms with Gasteiger partial charge in [-0.25, -0.2) is 13.4 Å². The Balaban J connectivity index is 1.38. The summed E-state index contributed by atoms with van der Waals surface area (Å²) in [6, 6.07) is 10.1. The number of benzene rings is 1. The number of carbonyl (C=O) groups excluding carboxylic acids is 1. The Hall–Kier alpha value is -2.76. The van der Waals surface area contributed by atoms with Gasteiger partial charge in [0, 0.05) is 49.8 Å². The number of amides is 1. The third kappa shape index (κ3) is 5.04. The highest BCUT2D eigenvalue weighted by atomic mass is 32.2. The molecule has 9 nitrogen and oxygen atoms in total. The first-order chi connectivity index (χ1) is 17.6. The predicted octanol–water partition coefficient (Wildman–Crippen LogP) is 2.78. The zero-order valence-corrected chi connectivity index (χ0v) is 23.1. The van der Waals surface area contributed by atoms with Gasteiger partial charge in [0.25, 0.3) is 5.56 Å². The molecule has 4 heterocycles. The number of thiophene rings is 1. The summed E-state index contributed by atoms with van der Waals surface area (Å²) in [5.41, 5.74) is 0.641. The molecule has 0 spiro atoms. The van der Waals surface area contributed by atoms with Crippen molar-refractivity contribution < 1.29 is 13.2 Å². The van der Waals surface area contributed by atoms with E-state index in [1.807, 2.05) is 18.2 Å². The van der Waals surface area contributed by atoms with E-state index in [2.05, 4.69) is 35.9 Å². The standard InChI is InChI=1S/C26H33N5O4S2/c1-18-13-19(2)15-31(14-18)37(34,35)24-20(3)36-25-23(24)26(33)30(17-27-25)16-22(32)29-11-9-28(10-12-29)21-7-5-4-6-8-21/h4-8,17-19H,9-16H2,1-3H3/t18-,19-/m0/s1. The fourth-order valence-corrected chi connectivity index (χ4v) is 8.91. The Morgan fingerprint density at radius 1 is 1.05 bits per heavy atom. The fourth-order valence-electron chi connectivity index (χ4n) is 5.57. The van der Waals surface area contributed by atoms with E-state index in [4.69, 9.17) is 0 Å². The molecule has 198 valence electrons. The van der Waals surface area contributed by atoms with Crippen molar-refractivity contribution in [2.75, 3.05) is 44.2 Å². The maximum atomic E-state index is 13.7. The van der Waals surface area contributed by atoms with Crippen molar-refractivity contribution in [3.05, 3.63) is 51.9 Å². The number of piperidine rings is 1. The maximum Gasteiger partial charge on any atom is 0.263 e. The van der Waals surface area contributed by atoms with Gasteiger partial charge < -0.3 is 9.80 Å². The van der Waals surface area contributed by atoms with Crippen molar-refractivity contribution in [3.63, 3.8) is 0 Å². The van der Waals surface area contributed by atoms with Crippen molar-refractivity contribution in [1.82, 2.24) is 18.8 Å². The second kappa shape index (κ2) is 10.2. The number of carbonyl (C=O) groups is 1. The third-order valence-corrected chi connectivity index (χ3v) is 10.4. The number of fused-ring (bicyclic) bond motifs is 1. The van der Waals surface area contributed by atoms with Gasteiger partial charge >= 0.3 is 0 Å². The first-order valence-corrected chi connectivity index (χ1v) is 15.0. The summed E-state index contributed by atoms with van der Waals surface area (Å²) in [6.07, 6.45) is 2.34. The van der Waals surface area contributed by atoms with E-state index in [1.165, 1.54) is 26.5 Å². The number of piperazine rings is 1. The molecule has 1 amide bonds. The monoisotopic (exact) mass is 543 g/mol. The SMILES string of the molecule is Cc1sc2ncn(CC(=O)N3CCN(c4ccccc4)CC3)c(=O)c2c1S(=O)(=O)N1C[C@@H](C)C[C@H](C)C1. The Labute approximate surface area is 221 Å². The lowest BCUT2D eigenvalue weighted by Gasteiger charge is -2.36. The molecule has 0 saturated carbocycles. The lowest BCUT2D eigenvalue weighted by Crippen LogP contribution is -2.50. The summed E-state index contributed by atoms with van der Waals surface area (Å²) in [4.78, 5) is 36.0. The fraction of sp³-hybridized carbons (Fsp3) is 0.500. The van der Waals surface area contributed by atoms with Crippen LogP contribution in [0.25, 0.3) is 10.2 Å². The highest BCUT2D eigenvalue weighted by Crippen LogP contribution is 2.35. The van der Waals surface area contributed by atoms with Gasteiger partial charge in [0.15, 0.2) is 0 Å². The van der Waals surface area contributed by atoms with E-state index in [-0.39, 0.29) is 34.6 Å². The minimum Gasteiger partial charge on any atom is -0.368 e. The molecule has 0 bridgehead atoms. The van der Waals surface area contributed by atoms with Crippen LogP contribution in [0.4, 0.5) is 5.69 Å². The molecule has 37 heavy (non-hydrogen) atoms. The second-order valence-corrected chi connectivity index (χ2v) is 13.4. The number of rotatable bonds is 5. The lowest BCUT2D eigenvalue weighted by atomic mass is 9.94. The van der Waals surface area contributed by atoms with E-state index in [9.17, 15) is 18.0 Å². The summed E-state index contributed by atoms with van der Waals surface area (Å²) < 4.78 is 30.2. The van der Waals surface area contributed by atoms with Crippen LogP contribution < -0.4 is 10.5 Å². The first-order valence-electron chi connectivity index (χ1n) is 12.7. The molecule has 2 atom stereocenters. The molecule has 2 aliphatic rings. The Kier molecular flexibility index (Phi) is 7.12. The maximum absolute atomic E-state index is 13.7. The summed E-state index contributed by atoms with van der Waals surface area (Å²) in [5, 5.41) is 0.0950. The molecule has 2 aliphatic heterocycles. The van der Waals surface area contributed by atoms with Crippen LogP contribution in [0.3, 0.4) is 0 Å². The quantitative estimate of drug-likeness (QED) is 0.491. The van der Waals surface area contributed by atoms with Crippen LogP contribution in [0.1, 0.15) is 25.1 Å². The topological polar surface area (TPSA) is 95.8 Å². The molecule has 1 aromatic carbocycles. The molecule has 0 N–H and O–H groups in total. The van der Waals surface area contributed by atoms with E-state index >= 15 is 0 Å². The zero-order chi connectivity index (χ0) is 26.3. The second-order valence-electron chi connectivity index (χ2n) is 10.3. The summed E-state index contributed by atoms with van der Waals surface area (Å²) in [7, 11) is -3.87. The number of anilines is 1. The number of hydrogen-bond donors (Lipinski definition) is 0. The van der Waals surface area contributed by atoms with Crippen LogP contribution in [0, 0.1) is 18.8 Å². The van der Waals surface area contributed by atoms with Gasteiger partial charge in [0.1, 0.15) is 16.3 Å². The Bertz CT molecular complexity index is 1450. The highest BCUT2D eigenvalue weighted by molar-refractivity contribution is 7.89. The van der Waals surface area contributed by atoms with Crippen molar-refractivity contribution in [2.45, 2.75) is 38.6 Å². The number of hydrogen-bond acceptors (Lipinski definition) is 7. The predicted molar refractivity (Wildman–Crippen MR) is 146 cm³/mol. The molecule has 5 rings (SSSR count). The molecular weight excluding hydrogens is 510 g/mol. The molecule has 0 radical (unpaired) electrons. The number of aryl methyl sites for hydroxylation is 1. The van der Waals surface area contributed by atoms with Gasteiger partial charge in [-0.2, -0.15) is 4.31 Å². The van der Waals surface area contributed by atoms with E-state index in [1.54, 1.807) is 11.8 Å². The van der Waals surface area contributed by atoms with E-state index in [0.717, 1.165) is 12.1 Å². The lowest BCUT2D eigenvalue weighted by molar-refractivity contribution is -0.132. The van der Waals surface area contributed by atoms with Crippen LogP contribution in [-0.4, -0.2) is 72.3 Å². The van der Waals surface area contributed by atoms with Crippen LogP contribution in [-0.2, 0) is 21.4 Å². The van der Waals surface area contributed by atoms with Crippen LogP contribution >= 0.6 is 11.3 Å². The van der Waals surface area contributed by atoms with Crippen molar-refractivity contribution in [2.24, 2.45) is 11.8 Å². The highest BCUT2D eigenvalue weighted by Gasteiger charge is 2.36.